The number of furan rings is 1. The highest BCUT2D eigenvalue weighted by atomic mass is 16.3. The van der Waals surface area contributed by atoms with Gasteiger partial charge in [-0.2, -0.15) is 0 Å². The molecule has 5 aromatic rings. The summed E-state index contributed by atoms with van der Waals surface area (Å²) in [6, 6.07) is 25.3. The monoisotopic (exact) mass is 439 g/mol. The van der Waals surface area contributed by atoms with Crippen molar-refractivity contribution in [3.63, 3.8) is 0 Å². The summed E-state index contributed by atoms with van der Waals surface area (Å²) in [5.74, 6) is 0.345. The van der Waals surface area contributed by atoms with Crippen molar-refractivity contribution in [3.05, 3.63) is 117 Å². The second-order valence-corrected chi connectivity index (χ2v) is 7.79. The highest BCUT2D eigenvalue weighted by Gasteiger charge is 2.21. The summed E-state index contributed by atoms with van der Waals surface area (Å²) in [7, 11) is 0. The standard InChI is InChI=1S/C26H21N3O4/c30-23(14-15-29-26(32)20-12-6-5-11-19(20)25(31)28-29)27-24(17-8-2-1-3-9-17)22-16-18-10-4-7-13-21(18)33-22/h1-13,16,24H,14-15H2,(H,27,30)(H,28,31). The zero-order chi connectivity index (χ0) is 22.8. The van der Waals surface area contributed by atoms with Gasteiger partial charge in [0.25, 0.3) is 11.1 Å². The topological polar surface area (TPSA) is 97.1 Å². The van der Waals surface area contributed by atoms with E-state index in [0.717, 1.165) is 16.5 Å². The second-order valence-electron chi connectivity index (χ2n) is 7.79. The van der Waals surface area contributed by atoms with Gasteiger partial charge in [0.05, 0.1) is 17.3 Å². The predicted octanol–water partition coefficient (Wildman–Crippen LogP) is 3.73. The number of aromatic amines is 1. The minimum atomic E-state index is -0.488. The maximum absolute atomic E-state index is 12.9. The van der Waals surface area contributed by atoms with E-state index in [1.165, 1.54) is 4.68 Å². The van der Waals surface area contributed by atoms with Crippen LogP contribution in [0.15, 0.2) is 98.9 Å². The van der Waals surface area contributed by atoms with Crippen LogP contribution in [-0.4, -0.2) is 15.7 Å². The Morgan fingerprint density at radius 1 is 0.909 bits per heavy atom. The van der Waals surface area contributed by atoms with Crippen molar-refractivity contribution in [3.8, 4) is 0 Å². The van der Waals surface area contributed by atoms with Crippen molar-refractivity contribution in [2.75, 3.05) is 0 Å². The van der Waals surface area contributed by atoms with Crippen LogP contribution in [0.4, 0.5) is 0 Å². The number of carbonyl (C=O) groups excluding carboxylic acids is 1. The Morgan fingerprint density at radius 2 is 1.61 bits per heavy atom. The number of rotatable bonds is 6. The van der Waals surface area contributed by atoms with E-state index in [2.05, 4.69) is 10.4 Å². The normalized spacial score (nSPS) is 12.1. The molecule has 0 radical (unpaired) electrons. The SMILES string of the molecule is O=C(CCn1[nH]c(=O)c2ccccc2c1=O)NC(c1ccccc1)c1cc2ccccc2o1. The van der Waals surface area contributed by atoms with Crippen LogP contribution in [0, 0.1) is 0 Å². The lowest BCUT2D eigenvalue weighted by atomic mass is 10.0. The molecule has 0 saturated heterocycles. The van der Waals surface area contributed by atoms with E-state index >= 15 is 0 Å². The average Bonchev–Trinajstić information content (AvgIpc) is 3.28. The summed E-state index contributed by atoms with van der Waals surface area (Å²) in [5.41, 5.74) is 0.911. The van der Waals surface area contributed by atoms with Gasteiger partial charge in [-0.3, -0.25) is 19.5 Å². The molecule has 0 aliphatic carbocycles. The third kappa shape index (κ3) is 4.08. The van der Waals surface area contributed by atoms with E-state index < -0.39 is 6.04 Å². The van der Waals surface area contributed by atoms with Crippen LogP contribution in [-0.2, 0) is 11.3 Å². The molecule has 5 rings (SSSR count). The quantitative estimate of drug-likeness (QED) is 0.421. The van der Waals surface area contributed by atoms with Crippen molar-refractivity contribution in [1.82, 2.24) is 15.1 Å². The first-order valence-corrected chi connectivity index (χ1v) is 10.6. The Balaban J connectivity index is 1.39. The molecule has 1 amide bonds. The van der Waals surface area contributed by atoms with Gasteiger partial charge in [0.2, 0.25) is 5.91 Å². The maximum Gasteiger partial charge on any atom is 0.273 e. The Morgan fingerprint density at radius 3 is 2.39 bits per heavy atom. The number of hydrogen-bond donors (Lipinski definition) is 2. The van der Waals surface area contributed by atoms with Gasteiger partial charge in [-0.05, 0) is 29.8 Å². The lowest BCUT2D eigenvalue weighted by Crippen LogP contribution is -2.34. The molecule has 0 bridgehead atoms. The maximum atomic E-state index is 12.9. The number of para-hydroxylation sites is 1. The van der Waals surface area contributed by atoms with Gasteiger partial charge in [0.1, 0.15) is 17.4 Å². The van der Waals surface area contributed by atoms with Gasteiger partial charge < -0.3 is 9.73 Å². The third-order valence-corrected chi connectivity index (χ3v) is 5.61. The lowest BCUT2D eigenvalue weighted by Gasteiger charge is -2.17. The van der Waals surface area contributed by atoms with E-state index in [0.29, 0.717) is 16.5 Å². The Bertz CT molecular complexity index is 1530. The first kappa shape index (κ1) is 20.5. The van der Waals surface area contributed by atoms with Gasteiger partial charge >= 0.3 is 0 Å². The van der Waals surface area contributed by atoms with Crippen molar-refractivity contribution in [2.45, 2.75) is 19.0 Å². The zero-order valence-corrected chi connectivity index (χ0v) is 17.7. The predicted molar refractivity (Wildman–Crippen MR) is 126 cm³/mol. The molecule has 33 heavy (non-hydrogen) atoms. The molecule has 0 aliphatic rings. The number of hydrogen-bond acceptors (Lipinski definition) is 4. The van der Waals surface area contributed by atoms with Crippen LogP contribution >= 0.6 is 0 Å². The summed E-state index contributed by atoms with van der Waals surface area (Å²) in [6.45, 7) is 0.0480. The number of nitrogens with one attached hydrogen (secondary N) is 2. The number of aromatic nitrogens is 2. The van der Waals surface area contributed by atoms with E-state index in [4.69, 9.17) is 4.42 Å². The molecule has 164 valence electrons. The van der Waals surface area contributed by atoms with Crippen LogP contribution in [0.1, 0.15) is 23.8 Å². The molecular formula is C26H21N3O4. The zero-order valence-electron chi connectivity index (χ0n) is 17.7. The van der Waals surface area contributed by atoms with Crippen LogP contribution in [0.25, 0.3) is 21.7 Å². The van der Waals surface area contributed by atoms with Gasteiger partial charge in [0, 0.05) is 11.8 Å². The van der Waals surface area contributed by atoms with Gasteiger partial charge in [-0.15, -0.1) is 0 Å². The molecule has 2 heterocycles. The highest BCUT2D eigenvalue weighted by Crippen LogP contribution is 2.28. The number of nitrogens with zero attached hydrogens (tertiary/aromatic N) is 1. The Labute approximate surface area is 188 Å². The molecule has 7 nitrogen and oxygen atoms in total. The summed E-state index contributed by atoms with van der Waals surface area (Å²) >= 11 is 0. The van der Waals surface area contributed by atoms with Gasteiger partial charge in [-0.25, -0.2) is 4.68 Å². The summed E-state index contributed by atoms with van der Waals surface area (Å²) in [4.78, 5) is 37.9. The lowest BCUT2D eigenvalue weighted by molar-refractivity contribution is -0.122. The molecular weight excluding hydrogens is 418 g/mol. The van der Waals surface area contributed by atoms with Gasteiger partial charge in [0.15, 0.2) is 0 Å². The van der Waals surface area contributed by atoms with E-state index in [-0.39, 0.29) is 30.0 Å². The van der Waals surface area contributed by atoms with Crippen LogP contribution in [0.5, 0.6) is 0 Å². The number of benzene rings is 3. The summed E-state index contributed by atoms with van der Waals surface area (Å²) in [6.07, 6.45) is 0.0117. The first-order valence-electron chi connectivity index (χ1n) is 10.6. The van der Waals surface area contributed by atoms with E-state index in [9.17, 15) is 14.4 Å². The molecule has 0 saturated carbocycles. The second kappa shape index (κ2) is 8.63. The fourth-order valence-electron chi connectivity index (χ4n) is 3.96. The molecule has 3 aromatic carbocycles. The fourth-order valence-corrected chi connectivity index (χ4v) is 3.96. The molecule has 2 N–H and O–H groups in total. The van der Waals surface area contributed by atoms with Crippen LogP contribution in [0.2, 0.25) is 0 Å². The largest absolute Gasteiger partial charge is 0.459 e. The molecule has 1 atom stereocenters. The number of amides is 1. The number of fused-ring (bicyclic) bond motifs is 2. The highest BCUT2D eigenvalue weighted by molar-refractivity contribution is 5.81. The van der Waals surface area contributed by atoms with Crippen LogP contribution < -0.4 is 16.4 Å². The van der Waals surface area contributed by atoms with E-state index in [1.807, 2.05) is 60.7 Å². The minimum Gasteiger partial charge on any atom is -0.459 e. The molecule has 0 aliphatic heterocycles. The average molecular weight is 439 g/mol. The molecule has 2 aromatic heterocycles. The first-order chi connectivity index (χ1) is 16.1. The van der Waals surface area contributed by atoms with Crippen molar-refractivity contribution < 1.29 is 9.21 Å². The minimum absolute atomic E-state index is 0.0117. The smallest absolute Gasteiger partial charge is 0.273 e. The third-order valence-electron chi connectivity index (χ3n) is 5.61. The van der Waals surface area contributed by atoms with Gasteiger partial charge in [-0.1, -0.05) is 60.7 Å². The van der Waals surface area contributed by atoms with Crippen molar-refractivity contribution >= 4 is 27.6 Å². The number of aryl methyl sites for hydroxylation is 1. The molecule has 1 unspecified atom stereocenters. The molecule has 0 spiro atoms. The summed E-state index contributed by atoms with van der Waals surface area (Å²) in [5, 5.41) is 7.17. The fraction of sp³-hybridized carbons (Fsp3) is 0.115. The van der Waals surface area contributed by atoms with Crippen LogP contribution in [0.3, 0.4) is 0 Å². The number of H-pyrrole nitrogens is 1. The summed E-state index contributed by atoms with van der Waals surface area (Å²) < 4.78 is 7.20. The molecule has 0 fully saturated rings. The Hall–Kier alpha value is -4.39. The van der Waals surface area contributed by atoms with Crippen molar-refractivity contribution in [2.24, 2.45) is 0 Å². The molecule has 7 heteroatoms. The number of carbonyl (C=O) groups is 1. The van der Waals surface area contributed by atoms with E-state index in [1.54, 1.807) is 24.3 Å². The Kier molecular flexibility index (Phi) is 5.36. The van der Waals surface area contributed by atoms with Crippen molar-refractivity contribution in [1.29, 1.82) is 0 Å².